The monoisotopic (exact) mass is 347 g/mol. The molecular formula is C18H25N3O4. The Hall–Kier alpha value is -1.70. The summed E-state index contributed by atoms with van der Waals surface area (Å²) in [7, 11) is 0. The number of carboxylic acid groups (broad SMARTS) is 1. The highest BCUT2D eigenvalue weighted by atomic mass is 16.5. The van der Waals surface area contributed by atoms with Crippen molar-refractivity contribution in [2.24, 2.45) is 0 Å². The summed E-state index contributed by atoms with van der Waals surface area (Å²) in [4.78, 5) is 21.1. The van der Waals surface area contributed by atoms with E-state index in [0.717, 1.165) is 56.8 Å². The largest absolute Gasteiger partial charge is 0.478 e. The second-order valence-corrected chi connectivity index (χ2v) is 6.92. The van der Waals surface area contributed by atoms with Crippen LogP contribution in [0.5, 0.6) is 0 Å². The van der Waals surface area contributed by atoms with E-state index in [4.69, 9.17) is 14.5 Å². The van der Waals surface area contributed by atoms with E-state index in [9.17, 15) is 9.90 Å². The van der Waals surface area contributed by atoms with Crippen LogP contribution in [0, 0.1) is 0 Å². The lowest BCUT2D eigenvalue weighted by atomic mass is 10.1. The summed E-state index contributed by atoms with van der Waals surface area (Å²) < 4.78 is 10.9. The number of aromatic carboxylic acids is 1. The van der Waals surface area contributed by atoms with Gasteiger partial charge in [-0.05, 0) is 24.5 Å². The minimum atomic E-state index is -0.901. The SMILES string of the molecule is O=C(O)c1cc2c(nc1N1CCOCC1)CCN([C@@H]1CCOC1)CC2. The van der Waals surface area contributed by atoms with Crippen molar-refractivity contribution in [1.29, 1.82) is 0 Å². The fourth-order valence-electron chi connectivity index (χ4n) is 3.99. The summed E-state index contributed by atoms with van der Waals surface area (Å²) in [6.07, 6.45) is 2.80. The molecule has 4 heterocycles. The summed E-state index contributed by atoms with van der Waals surface area (Å²) in [6.45, 7) is 6.18. The van der Waals surface area contributed by atoms with E-state index in [0.29, 0.717) is 43.7 Å². The van der Waals surface area contributed by atoms with E-state index in [1.54, 1.807) is 0 Å². The maximum atomic E-state index is 11.8. The molecule has 0 unspecified atom stereocenters. The second kappa shape index (κ2) is 7.27. The lowest BCUT2D eigenvalue weighted by Crippen LogP contribution is -2.38. The third-order valence-corrected chi connectivity index (χ3v) is 5.44. The van der Waals surface area contributed by atoms with Gasteiger partial charge in [0.05, 0.1) is 19.8 Å². The van der Waals surface area contributed by atoms with Crippen LogP contribution in [0.4, 0.5) is 5.82 Å². The molecule has 2 saturated heterocycles. The smallest absolute Gasteiger partial charge is 0.339 e. The zero-order valence-electron chi connectivity index (χ0n) is 14.4. The zero-order chi connectivity index (χ0) is 17.2. The van der Waals surface area contributed by atoms with Crippen molar-refractivity contribution in [3.05, 3.63) is 22.9 Å². The van der Waals surface area contributed by atoms with Crippen molar-refractivity contribution in [2.75, 3.05) is 57.5 Å². The maximum Gasteiger partial charge on any atom is 0.339 e. The van der Waals surface area contributed by atoms with Gasteiger partial charge >= 0.3 is 5.97 Å². The number of carbonyl (C=O) groups is 1. The number of carboxylic acids is 1. The lowest BCUT2D eigenvalue weighted by Gasteiger charge is -2.29. The Kier molecular flexibility index (Phi) is 4.87. The zero-order valence-corrected chi connectivity index (χ0v) is 14.4. The summed E-state index contributed by atoms with van der Waals surface area (Å²) in [5.41, 5.74) is 2.45. The highest BCUT2D eigenvalue weighted by Crippen LogP contribution is 2.26. The number of hydrogen-bond acceptors (Lipinski definition) is 6. The first-order chi connectivity index (χ1) is 12.2. The van der Waals surface area contributed by atoms with E-state index < -0.39 is 5.97 Å². The van der Waals surface area contributed by atoms with Gasteiger partial charge in [-0.2, -0.15) is 0 Å². The van der Waals surface area contributed by atoms with E-state index in [1.807, 2.05) is 11.0 Å². The topological polar surface area (TPSA) is 75.1 Å². The molecule has 0 radical (unpaired) electrons. The molecule has 3 aliphatic heterocycles. The van der Waals surface area contributed by atoms with Crippen LogP contribution in [0.25, 0.3) is 0 Å². The molecule has 7 nitrogen and oxygen atoms in total. The fourth-order valence-corrected chi connectivity index (χ4v) is 3.99. The van der Waals surface area contributed by atoms with Crippen molar-refractivity contribution in [1.82, 2.24) is 9.88 Å². The molecule has 3 aliphatic rings. The van der Waals surface area contributed by atoms with Gasteiger partial charge in [-0.1, -0.05) is 0 Å². The number of fused-ring (bicyclic) bond motifs is 1. The predicted octanol–water partition coefficient (Wildman–Crippen LogP) is 0.806. The normalized spacial score (nSPS) is 24.8. The lowest BCUT2D eigenvalue weighted by molar-refractivity contribution is 0.0695. The maximum absolute atomic E-state index is 11.8. The van der Waals surface area contributed by atoms with Crippen molar-refractivity contribution >= 4 is 11.8 Å². The molecule has 0 saturated carbocycles. The van der Waals surface area contributed by atoms with Crippen LogP contribution in [-0.2, 0) is 22.3 Å². The first-order valence-corrected chi connectivity index (χ1v) is 9.13. The number of aromatic nitrogens is 1. The van der Waals surface area contributed by atoms with Gasteiger partial charge in [0.25, 0.3) is 0 Å². The molecule has 25 heavy (non-hydrogen) atoms. The molecule has 1 N–H and O–H groups in total. The molecule has 2 fully saturated rings. The van der Waals surface area contributed by atoms with Crippen LogP contribution in [-0.4, -0.2) is 79.6 Å². The molecule has 1 aromatic heterocycles. The van der Waals surface area contributed by atoms with Gasteiger partial charge in [0.2, 0.25) is 0 Å². The summed E-state index contributed by atoms with van der Waals surface area (Å²) in [6, 6.07) is 2.34. The minimum Gasteiger partial charge on any atom is -0.478 e. The molecule has 0 spiro atoms. The van der Waals surface area contributed by atoms with Gasteiger partial charge in [-0.15, -0.1) is 0 Å². The van der Waals surface area contributed by atoms with Gasteiger partial charge in [0.15, 0.2) is 0 Å². The Labute approximate surface area is 147 Å². The second-order valence-electron chi connectivity index (χ2n) is 6.92. The van der Waals surface area contributed by atoms with E-state index in [2.05, 4.69) is 4.90 Å². The quantitative estimate of drug-likeness (QED) is 0.867. The van der Waals surface area contributed by atoms with Crippen LogP contribution in [0.2, 0.25) is 0 Å². The molecule has 0 bridgehead atoms. The van der Waals surface area contributed by atoms with Gasteiger partial charge in [0, 0.05) is 50.9 Å². The fraction of sp³-hybridized carbons (Fsp3) is 0.667. The number of morpholine rings is 1. The highest BCUT2D eigenvalue weighted by molar-refractivity contribution is 5.93. The molecule has 0 aromatic carbocycles. The standard InChI is InChI=1S/C18H25N3O4/c22-18(23)15-11-13-1-4-20(14-3-8-25-12-14)5-2-16(13)19-17(15)21-6-9-24-10-7-21/h11,14H,1-10,12H2,(H,22,23)/t14-/m1/s1. The van der Waals surface area contributed by atoms with Crippen molar-refractivity contribution in [3.8, 4) is 0 Å². The molecule has 4 rings (SSSR count). The van der Waals surface area contributed by atoms with Gasteiger partial charge < -0.3 is 19.5 Å². The molecule has 0 aliphatic carbocycles. The Morgan fingerprint density at radius 2 is 1.92 bits per heavy atom. The molecular weight excluding hydrogens is 322 g/mol. The van der Waals surface area contributed by atoms with E-state index in [1.165, 1.54) is 0 Å². The number of ether oxygens (including phenoxy) is 2. The highest BCUT2D eigenvalue weighted by Gasteiger charge is 2.28. The Bertz CT molecular complexity index is 639. The van der Waals surface area contributed by atoms with Gasteiger partial charge in [0.1, 0.15) is 11.4 Å². The number of hydrogen-bond donors (Lipinski definition) is 1. The molecule has 1 atom stereocenters. The first kappa shape index (κ1) is 16.8. The first-order valence-electron chi connectivity index (χ1n) is 9.13. The van der Waals surface area contributed by atoms with Crippen LogP contribution in [0.1, 0.15) is 28.0 Å². The number of rotatable bonds is 3. The van der Waals surface area contributed by atoms with Gasteiger partial charge in [-0.25, -0.2) is 9.78 Å². The minimum absolute atomic E-state index is 0.318. The number of nitrogens with zero attached hydrogens (tertiary/aromatic N) is 3. The van der Waals surface area contributed by atoms with Crippen LogP contribution < -0.4 is 4.90 Å². The number of anilines is 1. The summed E-state index contributed by atoms with van der Waals surface area (Å²) >= 11 is 0. The van der Waals surface area contributed by atoms with E-state index in [-0.39, 0.29) is 0 Å². The molecule has 7 heteroatoms. The van der Waals surface area contributed by atoms with Crippen molar-refractivity contribution < 1.29 is 19.4 Å². The molecule has 136 valence electrons. The van der Waals surface area contributed by atoms with Crippen LogP contribution >= 0.6 is 0 Å². The Morgan fingerprint density at radius 3 is 2.64 bits per heavy atom. The third kappa shape index (κ3) is 3.49. The third-order valence-electron chi connectivity index (χ3n) is 5.44. The Morgan fingerprint density at radius 1 is 1.12 bits per heavy atom. The summed E-state index contributed by atoms with van der Waals surface area (Å²) in [5, 5.41) is 9.67. The van der Waals surface area contributed by atoms with Crippen LogP contribution in [0.3, 0.4) is 0 Å². The summed E-state index contributed by atoms with van der Waals surface area (Å²) in [5.74, 6) is -0.297. The van der Waals surface area contributed by atoms with E-state index >= 15 is 0 Å². The van der Waals surface area contributed by atoms with Crippen molar-refractivity contribution in [2.45, 2.75) is 25.3 Å². The van der Waals surface area contributed by atoms with Gasteiger partial charge in [-0.3, -0.25) is 4.90 Å². The number of pyridine rings is 1. The van der Waals surface area contributed by atoms with Crippen LogP contribution in [0.15, 0.2) is 6.07 Å². The average molecular weight is 347 g/mol. The Balaban J connectivity index is 1.60. The predicted molar refractivity (Wildman–Crippen MR) is 92.4 cm³/mol. The van der Waals surface area contributed by atoms with Crippen molar-refractivity contribution in [3.63, 3.8) is 0 Å². The molecule has 0 amide bonds. The molecule has 1 aromatic rings. The average Bonchev–Trinajstić information content (AvgIpc) is 3.09.